The first kappa shape index (κ1) is 18.6. The van der Waals surface area contributed by atoms with Gasteiger partial charge in [0.25, 0.3) is 0 Å². The molecule has 134 valence electrons. The molecule has 2 N–H and O–H groups in total. The second kappa shape index (κ2) is 7.88. The van der Waals surface area contributed by atoms with E-state index in [-0.39, 0.29) is 0 Å². The average Bonchev–Trinajstić information content (AvgIpc) is 2.93. The van der Waals surface area contributed by atoms with Crippen molar-refractivity contribution in [3.05, 3.63) is 41.6 Å². The zero-order chi connectivity index (χ0) is 18.4. The molecule has 1 amide bonds. The second-order valence-electron chi connectivity index (χ2n) is 6.65. The van der Waals surface area contributed by atoms with E-state index < -0.39 is 17.7 Å². The second-order valence-corrected chi connectivity index (χ2v) is 6.65. The number of fused-ring (bicyclic) bond motifs is 1. The van der Waals surface area contributed by atoms with Crippen LogP contribution in [0.25, 0.3) is 17.0 Å². The molecule has 1 aromatic carbocycles. The molecule has 0 aliphatic carbocycles. The highest BCUT2D eigenvalue weighted by molar-refractivity contribution is 5.89. The quantitative estimate of drug-likeness (QED) is 0.643. The number of methoxy groups -OCH3 is 1. The monoisotopic (exact) mass is 344 g/mol. The molecule has 6 nitrogen and oxygen atoms in total. The van der Waals surface area contributed by atoms with Crippen molar-refractivity contribution in [2.24, 2.45) is 0 Å². The lowest BCUT2D eigenvalue weighted by molar-refractivity contribution is -0.134. The Morgan fingerprint density at radius 3 is 2.72 bits per heavy atom. The molecule has 0 aliphatic heterocycles. The van der Waals surface area contributed by atoms with E-state index in [1.54, 1.807) is 6.08 Å². The number of aromatic amines is 1. The SMILES string of the molecule is COC(=O)/C=C/c1ccc2[nH]cc(CCNC(=O)OC(C)(C)C)c2c1. The Bertz CT molecular complexity index is 784. The topological polar surface area (TPSA) is 80.4 Å². The van der Waals surface area contributed by atoms with E-state index in [0.29, 0.717) is 13.0 Å². The van der Waals surface area contributed by atoms with Crippen LogP contribution in [0.2, 0.25) is 0 Å². The van der Waals surface area contributed by atoms with Gasteiger partial charge in [0.1, 0.15) is 5.60 Å². The molecule has 0 saturated carbocycles. The first-order valence-electron chi connectivity index (χ1n) is 8.11. The van der Waals surface area contributed by atoms with E-state index in [9.17, 15) is 9.59 Å². The van der Waals surface area contributed by atoms with Crippen LogP contribution in [0.1, 0.15) is 31.9 Å². The summed E-state index contributed by atoms with van der Waals surface area (Å²) in [5, 5.41) is 3.81. The highest BCUT2D eigenvalue weighted by atomic mass is 16.6. The third kappa shape index (κ3) is 5.67. The largest absolute Gasteiger partial charge is 0.466 e. The van der Waals surface area contributed by atoms with E-state index in [2.05, 4.69) is 15.0 Å². The van der Waals surface area contributed by atoms with E-state index in [1.807, 2.05) is 45.2 Å². The summed E-state index contributed by atoms with van der Waals surface area (Å²) in [5.41, 5.74) is 2.48. The van der Waals surface area contributed by atoms with Crippen molar-refractivity contribution < 1.29 is 19.1 Å². The number of H-pyrrole nitrogens is 1. The van der Waals surface area contributed by atoms with E-state index >= 15 is 0 Å². The molecule has 0 radical (unpaired) electrons. The third-order valence-corrected chi connectivity index (χ3v) is 3.47. The van der Waals surface area contributed by atoms with Gasteiger partial charge in [-0.2, -0.15) is 0 Å². The van der Waals surface area contributed by atoms with Gasteiger partial charge in [0, 0.05) is 29.7 Å². The standard InChI is InChI=1S/C19H24N2O4/c1-19(2,3)25-18(23)20-10-9-14-12-21-16-7-5-13(11-15(14)16)6-8-17(22)24-4/h5-8,11-12,21H,9-10H2,1-4H3,(H,20,23)/b8-6+. The molecule has 0 bridgehead atoms. The fourth-order valence-electron chi connectivity index (χ4n) is 2.35. The number of carbonyl (C=O) groups excluding carboxylic acids is 2. The Balaban J connectivity index is 2.02. The number of aromatic nitrogens is 1. The number of nitrogens with one attached hydrogen (secondary N) is 2. The smallest absolute Gasteiger partial charge is 0.407 e. The Morgan fingerprint density at radius 1 is 1.28 bits per heavy atom. The highest BCUT2D eigenvalue weighted by Gasteiger charge is 2.15. The van der Waals surface area contributed by atoms with Crippen LogP contribution >= 0.6 is 0 Å². The first-order chi connectivity index (χ1) is 11.8. The summed E-state index contributed by atoms with van der Waals surface area (Å²) in [7, 11) is 1.35. The van der Waals surface area contributed by atoms with Crippen LogP contribution in [-0.2, 0) is 20.7 Å². The molecule has 0 unspecified atom stereocenters. The highest BCUT2D eigenvalue weighted by Crippen LogP contribution is 2.21. The molecule has 2 aromatic rings. The summed E-state index contributed by atoms with van der Waals surface area (Å²) in [5.74, 6) is -0.393. The average molecular weight is 344 g/mol. The van der Waals surface area contributed by atoms with E-state index in [0.717, 1.165) is 22.0 Å². The maximum atomic E-state index is 11.7. The molecule has 2 rings (SSSR count). The van der Waals surface area contributed by atoms with Gasteiger partial charge >= 0.3 is 12.1 Å². The molecule has 0 fully saturated rings. The number of hydrogen-bond donors (Lipinski definition) is 2. The summed E-state index contributed by atoms with van der Waals surface area (Å²) in [6.07, 6.45) is 5.27. The van der Waals surface area contributed by atoms with Crippen LogP contribution in [0, 0.1) is 0 Å². The fraction of sp³-hybridized carbons (Fsp3) is 0.368. The lowest BCUT2D eigenvalue weighted by Gasteiger charge is -2.19. The number of hydrogen-bond acceptors (Lipinski definition) is 4. The minimum Gasteiger partial charge on any atom is -0.466 e. The van der Waals surface area contributed by atoms with Gasteiger partial charge in [0.15, 0.2) is 0 Å². The third-order valence-electron chi connectivity index (χ3n) is 3.47. The van der Waals surface area contributed by atoms with Gasteiger partial charge < -0.3 is 19.8 Å². The van der Waals surface area contributed by atoms with E-state index in [1.165, 1.54) is 13.2 Å². The maximum Gasteiger partial charge on any atom is 0.407 e. The molecule has 1 aromatic heterocycles. The van der Waals surface area contributed by atoms with E-state index in [4.69, 9.17) is 4.74 Å². The van der Waals surface area contributed by atoms with Gasteiger partial charge in [-0.3, -0.25) is 0 Å². The molecule has 0 atom stereocenters. The zero-order valence-electron chi connectivity index (χ0n) is 15.0. The summed E-state index contributed by atoms with van der Waals surface area (Å²) < 4.78 is 9.81. The van der Waals surface area contributed by atoms with Crippen molar-refractivity contribution in [1.29, 1.82) is 0 Å². The maximum absolute atomic E-state index is 11.7. The summed E-state index contributed by atoms with van der Waals surface area (Å²) in [6, 6.07) is 5.87. The van der Waals surface area contributed by atoms with Gasteiger partial charge in [0.05, 0.1) is 7.11 Å². The minimum atomic E-state index is -0.508. The van der Waals surface area contributed by atoms with Crippen molar-refractivity contribution in [3.8, 4) is 0 Å². The molecular formula is C19H24N2O4. The van der Waals surface area contributed by atoms with Gasteiger partial charge in [-0.15, -0.1) is 0 Å². The fourth-order valence-corrected chi connectivity index (χ4v) is 2.35. The molecule has 0 saturated heterocycles. The lowest BCUT2D eigenvalue weighted by atomic mass is 10.1. The number of amides is 1. The predicted molar refractivity (Wildman–Crippen MR) is 97.3 cm³/mol. The predicted octanol–water partition coefficient (Wildman–Crippen LogP) is 3.42. The number of benzene rings is 1. The van der Waals surface area contributed by atoms with Crippen LogP contribution in [0.3, 0.4) is 0 Å². The van der Waals surface area contributed by atoms with Crippen LogP contribution in [-0.4, -0.2) is 36.3 Å². The molecule has 1 heterocycles. The number of carbonyl (C=O) groups is 2. The number of alkyl carbamates (subject to hydrolysis) is 1. The van der Waals surface area contributed by atoms with Gasteiger partial charge in [0.2, 0.25) is 0 Å². The first-order valence-corrected chi connectivity index (χ1v) is 8.11. The van der Waals surface area contributed by atoms with Crippen LogP contribution in [0.15, 0.2) is 30.5 Å². The summed E-state index contributed by atoms with van der Waals surface area (Å²) in [4.78, 5) is 26.1. The zero-order valence-corrected chi connectivity index (χ0v) is 15.0. The number of ether oxygens (including phenoxy) is 2. The number of esters is 1. The Hall–Kier alpha value is -2.76. The van der Waals surface area contributed by atoms with Crippen molar-refractivity contribution in [2.45, 2.75) is 32.8 Å². The van der Waals surface area contributed by atoms with Crippen molar-refractivity contribution in [1.82, 2.24) is 10.3 Å². The Kier molecular flexibility index (Phi) is 5.85. The summed E-state index contributed by atoms with van der Waals surface area (Å²) in [6.45, 7) is 5.96. The summed E-state index contributed by atoms with van der Waals surface area (Å²) >= 11 is 0. The van der Waals surface area contributed by atoms with Crippen LogP contribution in [0.5, 0.6) is 0 Å². The van der Waals surface area contributed by atoms with Crippen molar-refractivity contribution in [3.63, 3.8) is 0 Å². The Labute approximate surface area is 147 Å². The van der Waals surface area contributed by atoms with Crippen LogP contribution in [0.4, 0.5) is 4.79 Å². The van der Waals surface area contributed by atoms with Crippen LogP contribution < -0.4 is 5.32 Å². The number of rotatable bonds is 5. The normalized spacial score (nSPS) is 11.7. The molecule has 25 heavy (non-hydrogen) atoms. The molecule has 0 aliphatic rings. The molecule has 0 spiro atoms. The minimum absolute atomic E-state index is 0.393. The van der Waals surface area contributed by atoms with Gasteiger partial charge in [-0.1, -0.05) is 6.07 Å². The van der Waals surface area contributed by atoms with Gasteiger partial charge in [-0.25, -0.2) is 9.59 Å². The Morgan fingerprint density at radius 2 is 2.04 bits per heavy atom. The molecule has 6 heteroatoms. The molecular weight excluding hydrogens is 320 g/mol. The van der Waals surface area contributed by atoms with Gasteiger partial charge in [-0.05, 0) is 56.5 Å². The van der Waals surface area contributed by atoms with Crippen molar-refractivity contribution in [2.75, 3.05) is 13.7 Å². The lowest BCUT2D eigenvalue weighted by Crippen LogP contribution is -2.33. The van der Waals surface area contributed by atoms with Crippen molar-refractivity contribution >= 4 is 29.0 Å².